The molecular formula is C23H24N2O3. The van der Waals surface area contributed by atoms with Gasteiger partial charge in [0.05, 0.1) is 0 Å². The second-order valence-corrected chi connectivity index (χ2v) is 7.25. The Balaban J connectivity index is 1.32. The van der Waals surface area contributed by atoms with Crippen molar-refractivity contribution in [3.63, 3.8) is 0 Å². The second kappa shape index (κ2) is 8.30. The first kappa shape index (κ1) is 18.3. The molecule has 5 heteroatoms. The minimum atomic E-state index is -0.0205. The van der Waals surface area contributed by atoms with Crippen LogP contribution in [-0.2, 0) is 9.59 Å². The van der Waals surface area contributed by atoms with Crippen molar-refractivity contribution in [1.29, 1.82) is 0 Å². The molecule has 2 aromatic carbocycles. The van der Waals surface area contributed by atoms with Crippen LogP contribution in [0.3, 0.4) is 0 Å². The van der Waals surface area contributed by atoms with Crippen molar-refractivity contribution in [2.24, 2.45) is 5.92 Å². The maximum Gasteiger partial charge on any atom is 0.246 e. The monoisotopic (exact) mass is 376 g/mol. The Labute approximate surface area is 165 Å². The Morgan fingerprint density at radius 1 is 0.857 bits per heavy atom. The fraction of sp³-hybridized carbons (Fsp3) is 0.304. The highest BCUT2D eigenvalue weighted by atomic mass is 16.5. The van der Waals surface area contributed by atoms with Gasteiger partial charge in [0.2, 0.25) is 11.8 Å². The zero-order valence-electron chi connectivity index (χ0n) is 15.8. The van der Waals surface area contributed by atoms with Crippen molar-refractivity contribution < 1.29 is 14.3 Å². The Kier molecular flexibility index (Phi) is 5.42. The van der Waals surface area contributed by atoms with E-state index >= 15 is 0 Å². The number of carbonyl (C=O) groups excluding carboxylic acids is 2. The van der Waals surface area contributed by atoms with E-state index in [0.29, 0.717) is 26.2 Å². The van der Waals surface area contributed by atoms with E-state index in [9.17, 15) is 9.59 Å². The average molecular weight is 376 g/mol. The lowest BCUT2D eigenvalue weighted by Gasteiger charge is -2.34. The van der Waals surface area contributed by atoms with Crippen LogP contribution in [0.15, 0.2) is 60.7 Å². The van der Waals surface area contributed by atoms with Gasteiger partial charge in [-0.25, -0.2) is 0 Å². The normalized spacial score (nSPS) is 17.0. The molecule has 1 saturated carbocycles. The van der Waals surface area contributed by atoms with Gasteiger partial charge in [-0.3, -0.25) is 9.59 Å². The molecule has 2 fully saturated rings. The molecule has 1 heterocycles. The van der Waals surface area contributed by atoms with E-state index in [4.69, 9.17) is 4.74 Å². The molecule has 0 atom stereocenters. The maximum atomic E-state index is 12.5. The van der Waals surface area contributed by atoms with E-state index in [0.717, 1.165) is 29.9 Å². The van der Waals surface area contributed by atoms with Crippen molar-refractivity contribution in [2.75, 3.05) is 26.2 Å². The number of benzene rings is 2. The Bertz CT molecular complexity index is 866. The van der Waals surface area contributed by atoms with Gasteiger partial charge in [-0.2, -0.15) is 0 Å². The van der Waals surface area contributed by atoms with Crippen molar-refractivity contribution in [1.82, 2.24) is 9.80 Å². The van der Waals surface area contributed by atoms with Crippen LogP contribution < -0.4 is 4.74 Å². The summed E-state index contributed by atoms with van der Waals surface area (Å²) >= 11 is 0. The second-order valence-electron chi connectivity index (χ2n) is 7.25. The fourth-order valence-corrected chi connectivity index (χ4v) is 3.31. The number of ether oxygens (including phenoxy) is 1. The lowest BCUT2D eigenvalue weighted by atomic mass is 10.2. The third-order valence-corrected chi connectivity index (χ3v) is 5.08. The number of nitrogens with zero attached hydrogens (tertiary/aromatic N) is 2. The Hall–Kier alpha value is -3.08. The van der Waals surface area contributed by atoms with Gasteiger partial charge < -0.3 is 14.5 Å². The fourth-order valence-electron chi connectivity index (χ4n) is 3.31. The summed E-state index contributed by atoms with van der Waals surface area (Å²) in [6, 6.07) is 17.2. The van der Waals surface area contributed by atoms with Crippen LogP contribution in [-0.4, -0.2) is 47.8 Å². The number of piperazine rings is 1. The molecule has 2 aliphatic rings. The van der Waals surface area contributed by atoms with Gasteiger partial charge in [-0.05, 0) is 48.7 Å². The highest BCUT2D eigenvalue weighted by Gasteiger charge is 2.34. The smallest absolute Gasteiger partial charge is 0.246 e. The number of carbonyl (C=O) groups is 2. The molecule has 0 bridgehead atoms. The summed E-state index contributed by atoms with van der Waals surface area (Å²) in [5.74, 6) is 1.99. The average Bonchev–Trinajstić information content (AvgIpc) is 3.58. The summed E-state index contributed by atoms with van der Waals surface area (Å²) in [7, 11) is 0. The molecule has 1 saturated heterocycles. The third-order valence-electron chi connectivity index (χ3n) is 5.08. The molecule has 0 radical (unpaired) electrons. The van der Waals surface area contributed by atoms with Crippen molar-refractivity contribution in [2.45, 2.75) is 12.8 Å². The van der Waals surface area contributed by atoms with E-state index in [1.165, 1.54) is 0 Å². The molecule has 0 unspecified atom stereocenters. The van der Waals surface area contributed by atoms with Crippen LogP contribution in [0, 0.1) is 5.92 Å². The first-order valence-corrected chi connectivity index (χ1v) is 9.78. The molecular weight excluding hydrogens is 352 g/mol. The standard InChI is InChI=1S/C23H24N2O3/c26-22(24-13-15-25(16-14-24)23(27)19-10-11-19)12-9-18-5-4-8-21(17-18)28-20-6-2-1-3-7-20/h1-9,12,17,19H,10-11,13-16H2. The number of amides is 2. The molecule has 2 amide bonds. The summed E-state index contributed by atoms with van der Waals surface area (Å²) in [6.07, 6.45) is 5.45. The minimum Gasteiger partial charge on any atom is -0.457 e. The van der Waals surface area contributed by atoms with Crippen LogP contribution >= 0.6 is 0 Å². The molecule has 0 N–H and O–H groups in total. The maximum absolute atomic E-state index is 12.5. The van der Waals surface area contributed by atoms with Gasteiger partial charge >= 0.3 is 0 Å². The van der Waals surface area contributed by atoms with E-state index in [1.807, 2.05) is 65.6 Å². The van der Waals surface area contributed by atoms with Crippen LogP contribution in [0.2, 0.25) is 0 Å². The van der Waals surface area contributed by atoms with Crippen LogP contribution in [0.1, 0.15) is 18.4 Å². The van der Waals surface area contributed by atoms with Crippen LogP contribution in [0.4, 0.5) is 0 Å². The summed E-state index contributed by atoms with van der Waals surface area (Å²) in [5.41, 5.74) is 0.907. The molecule has 0 aromatic heterocycles. The van der Waals surface area contributed by atoms with Gasteiger partial charge in [-0.15, -0.1) is 0 Å². The summed E-state index contributed by atoms with van der Waals surface area (Å²) in [4.78, 5) is 28.3. The Morgan fingerprint density at radius 2 is 1.54 bits per heavy atom. The molecule has 2 aromatic rings. The van der Waals surface area contributed by atoms with E-state index in [-0.39, 0.29) is 17.7 Å². The molecule has 1 aliphatic heterocycles. The lowest BCUT2D eigenvalue weighted by molar-refractivity contribution is -0.138. The molecule has 5 nitrogen and oxygen atoms in total. The Morgan fingerprint density at radius 3 is 2.25 bits per heavy atom. The lowest BCUT2D eigenvalue weighted by Crippen LogP contribution is -2.50. The summed E-state index contributed by atoms with van der Waals surface area (Å²) < 4.78 is 5.83. The predicted octanol–water partition coefficient (Wildman–Crippen LogP) is 3.57. The number of rotatable bonds is 5. The molecule has 4 rings (SSSR count). The van der Waals surface area contributed by atoms with Crippen LogP contribution in [0.5, 0.6) is 11.5 Å². The predicted molar refractivity (Wildman–Crippen MR) is 108 cm³/mol. The van der Waals surface area contributed by atoms with Crippen molar-refractivity contribution >= 4 is 17.9 Å². The van der Waals surface area contributed by atoms with Gasteiger partial charge in [0.1, 0.15) is 11.5 Å². The van der Waals surface area contributed by atoms with Gasteiger partial charge in [-0.1, -0.05) is 30.3 Å². The van der Waals surface area contributed by atoms with Crippen molar-refractivity contribution in [3.8, 4) is 11.5 Å². The highest BCUT2D eigenvalue weighted by molar-refractivity contribution is 5.92. The number of hydrogen-bond acceptors (Lipinski definition) is 3. The number of hydrogen-bond donors (Lipinski definition) is 0. The van der Waals surface area contributed by atoms with E-state index in [1.54, 1.807) is 11.0 Å². The minimum absolute atomic E-state index is 0.0205. The zero-order valence-corrected chi connectivity index (χ0v) is 15.8. The topological polar surface area (TPSA) is 49.9 Å². The first-order chi connectivity index (χ1) is 13.7. The molecule has 1 aliphatic carbocycles. The van der Waals surface area contributed by atoms with Gasteiger partial charge in [0.25, 0.3) is 0 Å². The largest absolute Gasteiger partial charge is 0.457 e. The van der Waals surface area contributed by atoms with Crippen LogP contribution in [0.25, 0.3) is 6.08 Å². The van der Waals surface area contributed by atoms with E-state index in [2.05, 4.69) is 0 Å². The molecule has 144 valence electrons. The summed E-state index contributed by atoms with van der Waals surface area (Å²) in [6.45, 7) is 2.46. The zero-order chi connectivity index (χ0) is 19.3. The molecule has 28 heavy (non-hydrogen) atoms. The highest BCUT2D eigenvalue weighted by Crippen LogP contribution is 2.31. The van der Waals surface area contributed by atoms with Gasteiger partial charge in [0.15, 0.2) is 0 Å². The first-order valence-electron chi connectivity index (χ1n) is 9.78. The summed E-state index contributed by atoms with van der Waals surface area (Å²) in [5, 5.41) is 0. The van der Waals surface area contributed by atoms with Crippen molar-refractivity contribution in [3.05, 3.63) is 66.2 Å². The molecule has 0 spiro atoms. The van der Waals surface area contributed by atoms with E-state index < -0.39 is 0 Å². The van der Waals surface area contributed by atoms with Gasteiger partial charge in [0, 0.05) is 38.2 Å². The third kappa shape index (κ3) is 4.60. The number of para-hydroxylation sites is 1. The quantitative estimate of drug-likeness (QED) is 0.750. The SMILES string of the molecule is O=C(C=Cc1cccc(Oc2ccccc2)c1)N1CCN(C(=O)C2CC2)CC1.